The Morgan fingerprint density at radius 1 is 1.22 bits per heavy atom. The van der Waals surface area contributed by atoms with E-state index in [0.717, 1.165) is 16.8 Å². The summed E-state index contributed by atoms with van der Waals surface area (Å²) < 4.78 is 0. The molecule has 0 fully saturated rings. The minimum Gasteiger partial charge on any atom is -0.322 e. The van der Waals surface area contributed by atoms with Gasteiger partial charge < -0.3 is 4.98 Å². The second-order valence-corrected chi connectivity index (χ2v) is 4.38. The van der Waals surface area contributed by atoms with E-state index in [0.29, 0.717) is 5.56 Å². The number of rotatable bonds is 2. The van der Waals surface area contributed by atoms with Gasteiger partial charge in [-0.05, 0) is 25.5 Å². The van der Waals surface area contributed by atoms with Gasteiger partial charge in [-0.15, -0.1) is 0 Å². The summed E-state index contributed by atoms with van der Waals surface area (Å²) in [6.45, 7) is 4.05. The van der Waals surface area contributed by atoms with E-state index in [-0.39, 0.29) is 12.0 Å². The van der Waals surface area contributed by atoms with Crippen molar-refractivity contribution < 1.29 is 0 Å². The van der Waals surface area contributed by atoms with E-state index < -0.39 is 0 Å². The van der Waals surface area contributed by atoms with Crippen LogP contribution in [0.4, 0.5) is 0 Å². The second-order valence-electron chi connectivity index (χ2n) is 4.38. The summed E-state index contributed by atoms with van der Waals surface area (Å²) in [5, 5.41) is 8.60. The Morgan fingerprint density at radius 2 is 2.00 bits per heavy atom. The van der Waals surface area contributed by atoms with E-state index in [1.165, 1.54) is 5.56 Å². The van der Waals surface area contributed by atoms with Crippen LogP contribution in [-0.4, -0.2) is 4.98 Å². The number of aryl methyl sites for hydroxylation is 2. The van der Waals surface area contributed by atoms with Crippen LogP contribution in [-0.2, 0) is 6.42 Å². The Hall–Kier alpha value is -2.34. The molecule has 2 rings (SSSR count). The molecule has 1 aromatic carbocycles. The lowest BCUT2D eigenvalue weighted by molar-refractivity contribution is 1.13. The zero-order valence-electron chi connectivity index (χ0n) is 10.4. The summed E-state index contributed by atoms with van der Waals surface area (Å²) in [6.07, 6.45) is 0.141. The normalized spacial score (nSPS) is 10.1. The van der Waals surface area contributed by atoms with Gasteiger partial charge in [0.25, 0.3) is 5.56 Å². The molecule has 0 saturated heterocycles. The number of aromatic amines is 1. The molecule has 0 aliphatic carbocycles. The lowest BCUT2D eigenvalue weighted by atomic mass is 10.0. The molecule has 18 heavy (non-hydrogen) atoms. The maximum atomic E-state index is 11.8. The average molecular weight is 238 g/mol. The Bertz CT molecular complexity index is 678. The van der Waals surface area contributed by atoms with E-state index in [9.17, 15) is 4.79 Å². The molecule has 0 spiro atoms. The van der Waals surface area contributed by atoms with Crippen LogP contribution in [0.25, 0.3) is 11.3 Å². The van der Waals surface area contributed by atoms with Crippen molar-refractivity contribution in [3.8, 4) is 17.3 Å². The molecule has 90 valence electrons. The number of hydrogen-bond donors (Lipinski definition) is 1. The first-order chi connectivity index (χ1) is 8.61. The summed E-state index contributed by atoms with van der Waals surface area (Å²) in [4.78, 5) is 14.6. The fourth-order valence-electron chi connectivity index (χ4n) is 2.00. The molecule has 0 unspecified atom stereocenters. The topological polar surface area (TPSA) is 56.6 Å². The average Bonchev–Trinajstić information content (AvgIpc) is 2.32. The molecule has 2 aromatic rings. The number of benzene rings is 1. The third-order valence-corrected chi connectivity index (χ3v) is 2.93. The molecule has 0 saturated carbocycles. The predicted molar refractivity (Wildman–Crippen MR) is 71.3 cm³/mol. The summed E-state index contributed by atoms with van der Waals surface area (Å²) in [7, 11) is 0. The summed E-state index contributed by atoms with van der Waals surface area (Å²) in [6, 6.07) is 11.7. The number of H-pyrrole nitrogens is 1. The molecule has 0 bridgehead atoms. The Morgan fingerprint density at radius 3 is 2.61 bits per heavy atom. The zero-order chi connectivity index (χ0) is 13.1. The van der Waals surface area contributed by atoms with Gasteiger partial charge in [0.05, 0.1) is 12.5 Å². The molecule has 3 nitrogen and oxygen atoms in total. The highest BCUT2D eigenvalue weighted by Gasteiger charge is 2.05. The number of nitriles is 1. The van der Waals surface area contributed by atoms with Crippen molar-refractivity contribution in [1.82, 2.24) is 4.98 Å². The minimum absolute atomic E-state index is 0.141. The van der Waals surface area contributed by atoms with Crippen LogP contribution in [0.15, 0.2) is 35.1 Å². The number of nitrogens with one attached hydrogen (secondary N) is 1. The van der Waals surface area contributed by atoms with Crippen molar-refractivity contribution in [3.05, 3.63) is 57.4 Å². The summed E-state index contributed by atoms with van der Waals surface area (Å²) in [5.41, 5.74) is 4.44. The summed E-state index contributed by atoms with van der Waals surface area (Å²) >= 11 is 0. The highest BCUT2D eigenvalue weighted by Crippen LogP contribution is 2.21. The number of nitrogens with zero attached hydrogens (tertiary/aromatic N) is 1. The molecule has 0 aliphatic heterocycles. The van der Waals surface area contributed by atoms with Crippen LogP contribution in [0.3, 0.4) is 0 Å². The molecule has 1 heterocycles. The highest BCUT2D eigenvalue weighted by atomic mass is 16.1. The maximum Gasteiger partial charge on any atom is 0.252 e. The van der Waals surface area contributed by atoms with Gasteiger partial charge in [0, 0.05) is 16.8 Å². The SMILES string of the molecule is Cc1ccc(-c2ccc(CC#N)c(=O)[nH]2)c(C)c1. The van der Waals surface area contributed by atoms with Crippen molar-refractivity contribution >= 4 is 0 Å². The fraction of sp³-hybridized carbons (Fsp3) is 0.200. The number of pyridine rings is 1. The molecule has 0 amide bonds. The molecule has 0 radical (unpaired) electrons. The van der Waals surface area contributed by atoms with Crippen LogP contribution in [0.2, 0.25) is 0 Å². The van der Waals surface area contributed by atoms with Crippen molar-refractivity contribution in [2.45, 2.75) is 20.3 Å². The zero-order valence-corrected chi connectivity index (χ0v) is 10.4. The van der Waals surface area contributed by atoms with Gasteiger partial charge in [0.2, 0.25) is 0 Å². The van der Waals surface area contributed by atoms with Crippen molar-refractivity contribution in [2.75, 3.05) is 0 Å². The Kier molecular flexibility index (Phi) is 3.29. The molecule has 3 heteroatoms. The molecule has 1 N–H and O–H groups in total. The van der Waals surface area contributed by atoms with Gasteiger partial charge in [-0.2, -0.15) is 5.26 Å². The molecule has 0 atom stereocenters. The van der Waals surface area contributed by atoms with Gasteiger partial charge in [-0.3, -0.25) is 4.79 Å². The Labute approximate surface area is 106 Å². The first kappa shape index (κ1) is 12.1. The first-order valence-electron chi connectivity index (χ1n) is 5.78. The van der Waals surface area contributed by atoms with Crippen LogP contribution in [0.5, 0.6) is 0 Å². The van der Waals surface area contributed by atoms with Gasteiger partial charge in [-0.1, -0.05) is 29.8 Å². The number of hydrogen-bond acceptors (Lipinski definition) is 2. The smallest absolute Gasteiger partial charge is 0.252 e. The van der Waals surface area contributed by atoms with Gasteiger partial charge in [-0.25, -0.2) is 0 Å². The van der Waals surface area contributed by atoms with Crippen molar-refractivity contribution in [3.63, 3.8) is 0 Å². The van der Waals surface area contributed by atoms with Crippen molar-refractivity contribution in [2.24, 2.45) is 0 Å². The molecule has 0 aliphatic rings. The lowest BCUT2D eigenvalue weighted by Gasteiger charge is -2.07. The van der Waals surface area contributed by atoms with E-state index in [4.69, 9.17) is 5.26 Å². The lowest BCUT2D eigenvalue weighted by Crippen LogP contribution is -2.12. The first-order valence-corrected chi connectivity index (χ1v) is 5.78. The van der Waals surface area contributed by atoms with E-state index in [2.05, 4.69) is 11.1 Å². The predicted octanol–water partition coefficient (Wildman–Crippen LogP) is 2.72. The standard InChI is InChI=1S/C15H14N2O/c1-10-3-5-13(11(2)9-10)14-6-4-12(7-8-16)15(18)17-14/h3-6,9H,7H2,1-2H3,(H,17,18). The van der Waals surface area contributed by atoms with Crippen molar-refractivity contribution in [1.29, 1.82) is 5.26 Å². The van der Waals surface area contributed by atoms with Gasteiger partial charge in [0.15, 0.2) is 0 Å². The monoisotopic (exact) mass is 238 g/mol. The Balaban J connectivity index is 2.50. The van der Waals surface area contributed by atoms with Crippen LogP contribution in [0, 0.1) is 25.2 Å². The van der Waals surface area contributed by atoms with Crippen LogP contribution < -0.4 is 5.56 Å². The van der Waals surface area contributed by atoms with Gasteiger partial charge in [0.1, 0.15) is 0 Å². The van der Waals surface area contributed by atoms with E-state index in [1.807, 2.05) is 38.1 Å². The largest absolute Gasteiger partial charge is 0.322 e. The third-order valence-electron chi connectivity index (χ3n) is 2.93. The van der Waals surface area contributed by atoms with E-state index in [1.54, 1.807) is 6.07 Å². The van der Waals surface area contributed by atoms with E-state index >= 15 is 0 Å². The van der Waals surface area contributed by atoms with Crippen LogP contribution >= 0.6 is 0 Å². The van der Waals surface area contributed by atoms with Crippen LogP contribution in [0.1, 0.15) is 16.7 Å². The molecular weight excluding hydrogens is 224 g/mol. The maximum absolute atomic E-state index is 11.8. The minimum atomic E-state index is -0.186. The second kappa shape index (κ2) is 4.89. The number of aromatic nitrogens is 1. The van der Waals surface area contributed by atoms with Gasteiger partial charge >= 0.3 is 0 Å². The third kappa shape index (κ3) is 2.33. The quantitative estimate of drug-likeness (QED) is 0.874. The molecular formula is C15H14N2O. The fourth-order valence-corrected chi connectivity index (χ4v) is 2.00. The summed E-state index contributed by atoms with van der Waals surface area (Å²) in [5.74, 6) is 0. The molecule has 1 aromatic heterocycles. The highest BCUT2D eigenvalue weighted by molar-refractivity contribution is 5.63.